The molecule has 4 aliphatic rings. The number of rotatable bonds is 11. The van der Waals surface area contributed by atoms with Crippen molar-refractivity contribution in [2.45, 2.75) is 57.8 Å². The van der Waals surface area contributed by atoms with E-state index in [-0.39, 0.29) is 16.2 Å². The molecule has 4 aliphatic carbocycles. The van der Waals surface area contributed by atoms with Crippen LogP contribution < -0.4 is 0 Å². The minimum absolute atomic E-state index is 0.109. The van der Waals surface area contributed by atoms with Crippen LogP contribution in [0.15, 0.2) is 443 Å². The molecule has 0 saturated heterocycles. The Morgan fingerprint density at radius 1 is 0.160 bits per heavy atom. The van der Waals surface area contributed by atoms with Crippen LogP contribution in [0.4, 0.5) is 0 Å². The van der Waals surface area contributed by atoms with E-state index >= 15 is 0 Å². The van der Waals surface area contributed by atoms with Crippen LogP contribution in [0.5, 0.6) is 0 Å². The second kappa shape index (κ2) is 29.5. The molecule has 0 N–H and O–H groups in total. The second-order valence-corrected chi connectivity index (χ2v) is 41.8. The largest absolute Gasteiger partial charge is 0.309 e. The molecular formula is C137H91N7. The van der Waals surface area contributed by atoms with Gasteiger partial charge < -0.3 is 22.8 Å². The molecule has 6 heterocycles. The van der Waals surface area contributed by atoms with Crippen molar-refractivity contribution in [3.8, 4) is 151 Å². The van der Waals surface area contributed by atoms with Crippen molar-refractivity contribution in [1.29, 1.82) is 0 Å². The monoisotopic (exact) mass is 1830 g/mol. The molecule has 21 aromatic carbocycles. The second-order valence-electron chi connectivity index (χ2n) is 41.8. The van der Waals surface area contributed by atoms with Crippen LogP contribution >= 0.6 is 0 Å². The van der Waals surface area contributed by atoms with Crippen LogP contribution in [0.25, 0.3) is 271 Å². The van der Waals surface area contributed by atoms with E-state index in [4.69, 9.17) is 9.97 Å². The lowest BCUT2D eigenvalue weighted by atomic mass is 9.82. The summed E-state index contributed by atoms with van der Waals surface area (Å²) >= 11 is 0. The summed E-state index contributed by atoms with van der Waals surface area (Å²) in [6.07, 6.45) is 0. The average molecular weight is 1840 g/mol. The molecule has 144 heavy (non-hydrogen) atoms. The average Bonchev–Trinajstić information content (AvgIpc) is 1.51. The van der Waals surface area contributed by atoms with Gasteiger partial charge in [-0.15, -0.1) is 0 Å². The first-order chi connectivity index (χ1) is 70.7. The van der Waals surface area contributed by atoms with Crippen molar-refractivity contribution in [2.75, 3.05) is 0 Å². The number of fused-ring (bicyclic) bond motifs is 27. The molecule has 6 aromatic heterocycles. The summed E-state index contributed by atoms with van der Waals surface area (Å²) in [4.78, 5) is 11.4. The maximum atomic E-state index is 5.70. The third-order valence-electron chi connectivity index (χ3n) is 33.3. The van der Waals surface area contributed by atoms with E-state index in [0.29, 0.717) is 5.82 Å². The lowest BCUT2D eigenvalue weighted by Gasteiger charge is -2.22. The zero-order valence-corrected chi connectivity index (χ0v) is 80.3. The van der Waals surface area contributed by atoms with Crippen LogP contribution in [0.1, 0.15) is 74.9 Å². The van der Waals surface area contributed by atoms with E-state index < -0.39 is 0 Å². The quantitative estimate of drug-likeness (QED) is 0.130. The molecule has 0 bridgehead atoms. The molecule has 0 amide bonds. The summed E-state index contributed by atoms with van der Waals surface area (Å²) < 4.78 is 12.3. The lowest BCUT2D eigenvalue weighted by Crippen LogP contribution is -2.15. The Labute approximate surface area is 832 Å². The minimum Gasteiger partial charge on any atom is -0.309 e. The predicted octanol–water partition coefficient (Wildman–Crippen LogP) is 35.7. The van der Waals surface area contributed by atoms with Crippen molar-refractivity contribution in [3.05, 3.63) is 476 Å². The number of benzene rings is 21. The van der Waals surface area contributed by atoms with Gasteiger partial charge in [-0.2, -0.15) is 0 Å². The van der Waals surface area contributed by atoms with Gasteiger partial charge in [0.05, 0.1) is 66.6 Å². The van der Waals surface area contributed by atoms with E-state index in [9.17, 15) is 0 Å². The first-order valence-electron chi connectivity index (χ1n) is 50.4. The SMILES string of the molecule is CC1(C)c2ccccc2-c2ccc(-n3c4ccccc4c4cc(-c5ccc6c(c5)c5ccccc5n6-c5ccc(-c6nc(-c7ccccc7)c7c(n6)-c6cccc8c(-c9cccc(-n%10c%11ccc(-c%12ccc%13c(c%12)c%12ccccc%12n%13-c%12ccc%13c(c%12)C(C)(C)c%12ccccc%12-%13)cc%11c%11cc(-c%12ccc%13c(c%12)c%12ccccc%12n%13-c%12ccc%13c(c%12)C(C)(C)c%12ccccc%12-%13)ccc%11%10)c9)ccc-7c68)cc5)ccc43)cc21. The van der Waals surface area contributed by atoms with Crippen molar-refractivity contribution < 1.29 is 0 Å². The van der Waals surface area contributed by atoms with Crippen molar-refractivity contribution >= 4 is 120 Å². The molecule has 27 aromatic rings. The first kappa shape index (κ1) is 80.9. The Bertz CT molecular complexity index is 10100. The third-order valence-corrected chi connectivity index (χ3v) is 33.3. The summed E-state index contributed by atoms with van der Waals surface area (Å²) in [6, 6.07) is 167. The van der Waals surface area contributed by atoms with Gasteiger partial charge in [0.15, 0.2) is 5.82 Å². The van der Waals surface area contributed by atoms with Crippen LogP contribution in [0.2, 0.25) is 0 Å². The molecule has 0 saturated carbocycles. The standard InChI is InChI=1S/C137H91N7/c1-135(2)114-39-17-10-30-95(114)98-59-56-91(77-117(98)135)142-121-43-21-14-34-102(121)109-72-83(49-65-125(109)142)82-48-64-124-108(71-82)101-33-13-20-42-120(101)140(124)89-54-46-81(47-55-89)134-138-132(80-26-8-7-9-27-80)131-106-63-62-94(105-37-25-38-107(130(105)106)133(131)139-134)88-28-24-29-90(70-88)141-128-68-52-86(84-50-66-126-110(73-84)103-35-15-22-44-122(103)143(126)92-57-60-99-96-31-11-18-40-115(96)136(3,4)118(99)78-92)75-112(128)113-76-87(53-69-129(113)141)85-51-67-127-111(74-85)104-36-16-23-45-123(104)144(127)93-58-61-100-97-32-12-19-41-116(97)137(5,6)119(100)79-93/h7-79H,1-6H3. The van der Waals surface area contributed by atoms with Gasteiger partial charge in [0.1, 0.15) is 0 Å². The molecule has 674 valence electrons. The van der Waals surface area contributed by atoms with Gasteiger partial charge in [0.2, 0.25) is 0 Å². The van der Waals surface area contributed by atoms with E-state index in [2.05, 4.69) is 507 Å². The predicted molar refractivity (Wildman–Crippen MR) is 601 cm³/mol. The Kier molecular flexibility index (Phi) is 16.6. The maximum Gasteiger partial charge on any atom is 0.160 e. The molecular weight excluding hydrogens is 1740 g/mol. The van der Waals surface area contributed by atoms with Gasteiger partial charge in [-0.25, -0.2) is 9.97 Å². The molecule has 0 spiro atoms. The minimum atomic E-state index is -0.135. The van der Waals surface area contributed by atoms with E-state index in [1.165, 1.54) is 187 Å². The number of hydrogen-bond acceptors (Lipinski definition) is 2. The highest BCUT2D eigenvalue weighted by molar-refractivity contribution is 6.22. The van der Waals surface area contributed by atoms with Gasteiger partial charge >= 0.3 is 0 Å². The van der Waals surface area contributed by atoms with Crippen molar-refractivity contribution in [1.82, 2.24) is 32.8 Å². The molecule has 0 unspecified atom stereocenters. The molecule has 0 radical (unpaired) electrons. The Morgan fingerprint density at radius 2 is 0.438 bits per heavy atom. The van der Waals surface area contributed by atoms with Gasteiger partial charge in [-0.1, -0.05) is 315 Å². The summed E-state index contributed by atoms with van der Waals surface area (Å²) in [6.45, 7) is 14.2. The van der Waals surface area contributed by atoms with Crippen molar-refractivity contribution in [2.24, 2.45) is 0 Å². The number of hydrogen-bond donors (Lipinski definition) is 0. The summed E-state index contributed by atoms with van der Waals surface area (Å²) in [5.74, 6) is 0.677. The van der Waals surface area contributed by atoms with Crippen LogP contribution in [-0.2, 0) is 16.2 Å². The molecule has 31 rings (SSSR count). The molecule has 7 nitrogen and oxygen atoms in total. The van der Waals surface area contributed by atoms with Crippen LogP contribution in [0, 0.1) is 0 Å². The number of nitrogens with zero attached hydrogens (tertiary/aromatic N) is 7. The molecule has 0 atom stereocenters. The van der Waals surface area contributed by atoms with Gasteiger partial charge in [-0.3, -0.25) is 0 Å². The zero-order valence-electron chi connectivity index (χ0n) is 80.3. The maximum absolute atomic E-state index is 5.70. The zero-order chi connectivity index (χ0) is 95.2. The van der Waals surface area contributed by atoms with Crippen molar-refractivity contribution in [3.63, 3.8) is 0 Å². The van der Waals surface area contributed by atoms with E-state index in [0.717, 1.165) is 111 Å². The van der Waals surface area contributed by atoms with E-state index in [1.807, 2.05) is 0 Å². The van der Waals surface area contributed by atoms with Gasteiger partial charge in [-0.05, 0) is 297 Å². The van der Waals surface area contributed by atoms with Crippen LogP contribution in [-0.4, -0.2) is 32.8 Å². The first-order valence-corrected chi connectivity index (χ1v) is 50.4. The summed E-state index contributed by atoms with van der Waals surface area (Å²) in [7, 11) is 0. The van der Waals surface area contributed by atoms with Gasteiger partial charge in [0.25, 0.3) is 0 Å². The molecule has 0 fully saturated rings. The Morgan fingerprint density at radius 3 is 0.840 bits per heavy atom. The highest BCUT2D eigenvalue weighted by Crippen LogP contribution is 2.57. The number of aromatic nitrogens is 7. The fourth-order valence-electron chi connectivity index (χ4n) is 26.4. The smallest absolute Gasteiger partial charge is 0.160 e. The van der Waals surface area contributed by atoms with Gasteiger partial charge in [0, 0.05) is 121 Å². The topological polar surface area (TPSA) is 50.4 Å². The summed E-state index contributed by atoms with van der Waals surface area (Å²) in [5.41, 5.74) is 49.5. The Hall–Kier alpha value is -18.0. The Balaban J connectivity index is 0.505. The fourth-order valence-corrected chi connectivity index (χ4v) is 26.4. The summed E-state index contributed by atoms with van der Waals surface area (Å²) in [5, 5.41) is 14.5. The lowest BCUT2D eigenvalue weighted by molar-refractivity contribution is 0.660. The van der Waals surface area contributed by atoms with E-state index in [1.54, 1.807) is 0 Å². The highest BCUT2D eigenvalue weighted by Gasteiger charge is 2.40. The highest BCUT2D eigenvalue weighted by atomic mass is 15.0. The fraction of sp³-hybridized carbons (Fsp3) is 0.0657. The van der Waals surface area contributed by atoms with Crippen LogP contribution in [0.3, 0.4) is 0 Å². The molecule has 0 aliphatic heterocycles. The molecule has 7 heteroatoms. The number of para-hydroxylation sites is 4. The third kappa shape index (κ3) is 11.3. The normalized spacial score (nSPS) is 13.8.